The second-order valence-electron chi connectivity index (χ2n) is 4.00. The Morgan fingerprint density at radius 1 is 1.47 bits per heavy atom. The molecule has 0 fully saturated rings. The molecular formula is C11H11IN2O3. The van der Waals surface area contributed by atoms with Gasteiger partial charge in [-0.3, -0.25) is 14.9 Å². The summed E-state index contributed by atoms with van der Waals surface area (Å²) >= 11 is 2.12. The molecule has 1 aromatic carbocycles. The van der Waals surface area contributed by atoms with E-state index < -0.39 is 4.92 Å². The van der Waals surface area contributed by atoms with Crippen LogP contribution in [-0.4, -0.2) is 10.8 Å². The van der Waals surface area contributed by atoms with Gasteiger partial charge >= 0.3 is 0 Å². The van der Waals surface area contributed by atoms with E-state index in [1.54, 1.807) is 0 Å². The molecule has 17 heavy (non-hydrogen) atoms. The summed E-state index contributed by atoms with van der Waals surface area (Å²) in [7, 11) is 0. The molecule has 1 amide bonds. The zero-order valence-corrected chi connectivity index (χ0v) is 11.4. The highest BCUT2D eigenvalue weighted by atomic mass is 127. The summed E-state index contributed by atoms with van der Waals surface area (Å²) in [6, 6.07) is 1.54. The van der Waals surface area contributed by atoms with Crippen LogP contribution in [0.1, 0.15) is 24.5 Å². The van der Waals surface area contributed by atoms with Gasteiger partial charge in [0.1, 0.15) is 5.69 Å². The summed E-state index contributed by atoms with van der Waals surface area (Å²) in [5.41, 5.74) is 2.44. The molecule has 90 valence electrons. The Bertz CT molecular complexity index is 514. The lowest BCUT2D eigenvalue weighted by molar-refractivity contribution is -0.384. The van der Waals surface area contributed by atoms with Crippen LogP contribution in [-0.2, 0) is 17.6 Å². The van der Waals surface area contributed by atoms with Crippen LogP contribution in [0.4, 0.5) is 11.4 Å². The summed E-state index contributed by atoms with van der Waals surface area (Å²) in [6.45, 7) is 1.36. The predicted octanol–water partition coefficient (Wildman–Crippen LogP) is 2.65. The number of nitro groups is 1. The molecule has 2 rings (SSSR count). The normalized spacial score (nSPS) is 13.3. The fourth-order valence-corrected chi connectivity index (χ4v) is 3.07. The molecule has 5 nitrogen and oxygen atoms in total. The zero-order valence-electron chi connectivity index (χ0n) is 9.25. The SMILES string of the molecule is CC(=O)Nc1c([N+](=O)[O-])cc(I)c2c1CCC2. The quantitative estimate of drug-likeness (QED) is 0.508. The van der Waals surface area contributed by atoms with Crippen molar-refractivity contribution in [3.8, 4) is 0 Å². The Kier molecular flexibility index (Phi) is 3.32. The molecule has 0 heterocycles. The topological polar surface area (TPSA) is 72.2 Å². The smallest absolute Gasteiger partial charge is 0.294 e. The average molecular weight is 346 g/mol. The third kappa shape index (κ3) is 2.26. The van der Waals surface area contributed by atoms with Gasteiger partial charge in [0.05, 0.1) is 4.92 Å². The second-order valence-corrected chi connectivity index (χ2v) is 5.16. The first kappa shape index (κ1) is 12.3. The van der Waals surface area contributed by atoms with E-state index in [2.05, 4.69) is 27.9 Å². The van der Waals surface area contributed by atoms with Crippen molar-refractivity contribution in [2.75, 3.05) is 5.32 Å². The van der Waals surface area contributed by atoms with Crippen molar-refractivity contribution in [1.29, 1.82) is 0 Å². The number of hydrogen-bond donors (Lipinski definition) is 1. The highest BCUT2D eigenvalue weighted by Crippen LogP contribution is 2.39. The van der Waals surface area contributed by atoms with Crippen LogP contribution in [0.5, 0.6) is 0 Å². The van der Waals surface area contributed by atoms with E-state index >= 15 is 0 Å². The van der Waals surface area contributed by atoms with Crippen LogP contribution in [0, 0.1) is 13.7 Å². The summed E-state index contributed by atoms with van der Waals surface area (Å²) in [5.74, 6) is -0.275. The largest absolute Gasteiger partial charge is 0.320 e. The van der Waals surface area contributed by atoms with E-state index in [0.29, 0.717) is 5.69 Å². The molecule has 1 N–H and O–H groups in total. The van der Waals surface area contributed by atoms with Crippen molar-refractivity contribution >= 4 is 39.9 Å². The Morgan fingerprint density at radius 2 is 2.12 bits per heavy atom. The minimum atomic E-state index is -0.438. The first-order valence-corrected chi connectivity index (χ1v) is 6.35. The molecular weight excluding hydrogens is 335 g/mol. The summed E-state index contributed by atoms with van der Waals surface area (Å²) < 4.78 is 0.913. The van der Waals surface area contributed by atoms with Crippen LogP contribution >= 0.6 is 22.6 Å². The molecule has 0 saturated heterocycles. The molecule has 0 spiro atoms. The summed E-state index contributed by atoms with van der Waals surface area (Å²) in [6.07, 6.45) is 2.71. The van der Waals surface area contributed by atoms with Crippen molar-refractivity contribution in [3.05, 3.63) is 30.9 Å². The molecule has 1 aromatic rings. The van der Waals surface area contributed by atoms with E-state index in [9.17, 15) is 14.9 Å². The lowest BCUT2D eigenvalue weighted by atomic mass is 10.1. The highest BCUT2D eigenvalue weighted by Gasteiger charge is 2.26. The predicted molar refractivity (Wildman–Crippen MR) is 72.1 cm³/mol. The monoisotopic (exact) mass is 346 g/mol. The average Bonchev–Trinajstić information content (AvgIpc) is 2.70. The molecule has 1 aliphatic carbocycles. The number of nitro benzene ring substituents is 1. The fraction of sp³-hybridized carbons (Fsp3) is 0.364. The zero-order chi connectivity index (χ0) is 12.6. The van der Waals surface area contributed by atoms with E-state index in [-0.39, 0.29) is 11.6 Å². The Hall–Kier alpha value is -1.18. The van der Waals surface area contributed by atoms with Gasteiger partial charge in [0.15, 0.2) is 0 Å². The number of rotatable bonds is 2. The number of carbonyl (C=O) groups excluding carboxylic acids is 1. The van der Waals surface area contributed by atoms with Crippen molar-refractivity contribution < 1.29 is 9.72 Å². The number of nitrogens with one attached hydrogen (secondary N) is 1. The van der Waals surface area contributed by atoms with Gasteiger partial charge in [-0.05, 0) is 53.0 Å². The van der Waals surface area contributed by atoms with E-state index in [0.717, 1.165) is 34.0 Å². The minimum absolute atomic E-state index is 0.00903. The maximum atomic E-state index is 11.1. The van der Waals surface area contributed by atoms with Crippen LogP contribution in [0.15, 0.2) is 6.07 Å². The van der Waals surface area contributed by atoms with Crippen LogP contribution in [0.2, 0.25) is 0 Å². The van der Waals surface area contributed by atoms with E-state index in [1.807, 2.05) is 0 Å². The highest BCUT2D eigenvalue weighted by molar-refractivity contribution is 14.1. The van der Waals surface area contributed by atoms with Crippen molar-refractivity contribution in [2.24, 2.45) is 0 Å². The standard InChI is InChI=1S/C11H11IN2O3/c1-6(15)13-11-8-4-2-3-7(8)9(12)5-10(11)14(16)17/h5H,2-4H2,1H3,(H,13,15). The van der Waals surface area contributed by atoms with Crippen molar-refractivity contribution in [3.63, 3.8) is 0 Å². The third-order valence-electron chi connectivity index (χ3n) is 2.83. The summed E-state index contributed by atoms with van der Waals surface area (Å²) in [4.78, 5) is 21.7. The lowest BCUT2D eigenvalue weighted by Gasteiger charge is -2.11. The van der Waals surface area contributed by atoms with Crippen molar-refractivity contribution in [2.45, 2.75) is 26.2 Å². The number of hydrogen-bond acceptors (Lipinski definition) is 3. The lowest BCUT2D eigenvalue weighted by Crippen LogP contribution is -2.11. The third-order valence-corrected chi connectivity index (χ3v) is 3.79. The molecule has 6 heteroatoms. The Balaban J connectivity index is 2.63. The number of benzene rings is 1. The van der Waals surface area contributed by atoms with Crippen molar-refractivity contribution in [1.82, 2.24) is 0 Å². The Morgan fingerprint density at radius 3 is 2.71 bits per heavy atom. The van der Waals surface area contributed by atoms with Gasteiger partial charge in [0.2, 0.25) is 5.91 Å². The Labute approximate surface area is 112 Å². The van der Waals surface area contributed by atoms with Crippen LogP contribution in [0.25, 0.3) is 0 Å². The second kappa shape index (κ2) is 4.59. The number of fused-ring (bicyclic) bond motifs is 1. The molecule has 0 aliphatic heterocycles. The van der Waals surface area contributed by atoms with Crippen LogP contribution in [0.3, 0.4) is 0 Å². The van der Waals surface area contributed by atoms with Gasteiger partial charge in [-0.2, -0.15) is 0 Å². The molecule has 0 saturated carbocycles. The number of nitrogens with zero attached hydrogens (tertiary/aromatic N) is 1. The molecule has 0 aromatic heterocycles. The molecule has 0 unspecified atom stereocenters. The fourth-order valence-electron chi connectivity index (χ4n) is 2.18. The van der Waals surface area contributed by atoms with E-state index in [1.165, 1.54) is 13.0 Å². The minimum Gasteiger partial charge on any atom is -0.320 e. The molecule has 1 aliphatic rings. The van der Waals surface area contributed by atoms with Gasteiger partial charge in [-0.25, -0.2) is 0 Å². The first-order chi connectivity index (χ1) is 8.00. The number of amides is 1. The maximum Gasteiger partial charge on any atom is 0.294 e. The molecule has 0 bridgehead atoms. The van der Waals surface area contributed by atoms with E-state index in [4.69, 9.17) is 0 Å². The number of carbonyl (C=O) groups is 1. The summed E-state index contributed by atoms with van der Waals surface area (Å²) in [5, 5.41) is 13.6. The van der Waals surface area contributed by atoms with Gasteiger partial charge < -0.3 is 5.32 Å². The van der Waals surface area contributed by atoms with Gasteiger partial charge in [-0.15, -0.1) is 0 Å². The van der Waals surface area contributed by atoms with Crippen LogP contribution < -0.4 is 5.32 Å². The first-order valence-electron chi connectivity index (χ1n) is 5.27. The molecule has 0 atom stereocenters. The van der Waals surface area contributed by atoms with Gasteiger partial charge in [0.25, 0.3) is 5.69 Å². The van der Waals surface area contributed by atoms with Gasteiger partial charge in [0, 0.05) is 16.6 Å². The number of halogens is 1. The van der Waals surface area contributed by atoms with Gasteiger partial charge in [-0.1, -0.05) is 0 Å². The molecule has 0 radical (unpaired) electrons. The maximum absolute atomic E-state index is 11.1. The number of anilines is 1.